The number of carbonyl (C=O) groups is 2. The molecule has 3 rings (SSSR count). The molecule has 0 radical (unpaired) electrons. The summed E-state index contributed by atoms with van der Waals surface area (Å²) in [5.41, 5.74) is -2.29. The molecule has 22 heavy (non-hydrogen) atoms. The topological polar surface area (TPSA) is 66.8 Å². The van der Waals surface area contributed by atoms with Gasteiger partial charge >= 0.3 is 5.97 Å². The molecule has 1 aliphatic heterocycles. The van der Waals surface area contributed by atoms with Crippen LogP contribution < -0.4 is 0 Å². The van der Waals surface area contributed by atoms with Crippen LogP contribution in [-0.4, -0.2) is 54.1 Å². The van der Waals surface area contributed by atoms with Crippen LogP contribution >= 0.6 is 0 Å². The van der Waals surface area contributed by atoms with Crippen molar-refractivity contribution < 1.29 is 19.4 Å². The number of allylic oxidation sites excluding steroid dienone is 1. The van der Waals surface area contributed by atoms with Gasteiger partial charge in [-0.15, -0.1) is 0 Å². The Morgan fingerprint density at radius 2 is 2.05 bits per heavy atom. The van der Waals surface area contributed by atoms with Crippen molar-refractivity contribution >= 4 is 11.8 Å². The van der Waals surface area contributed by atoms with Gasteiger partial charge in [-0.1, -0.05) is 6.92 Å². The van der Waals surface area contributed by atoms with Gasteiger partial charge in [0.05, 0.1) is 11.3 Å². The summed E-state index contributed by atoms with van der Waals surface area (Å²) in [6.45, 7) is 4.36. The largest absolute Gasteiger partial charge is 0.461 e. The van der Waals surface area contributed by atoms with Crippen LogP contribution in [0.25, 0.3) is 0 Å². The zero-order chi connectivity index (χ0) is 16.3. The second kappa shape index (κ2) is 4.90. The van der Waals surface area contributed by atoms with E-state index in [1.165, 1.54) is 6.08 Å². The number of ketones is 1. The van der Waals surface area contributed by atoms with Crippen molar-refractivity contribution in [3.8, 4) is 0 Å². The molecule has 5 nitrogen and oxygen atoms in total. The second-order valence-electron chi connectivity index (χ2n) is 7.59. The number of hydrogen-bond acceptors (Lipinski definition) is 5. The molecular weight excluding hydrogens is 282 g/mol. The molecule has 122 valence electrons. The highest BCUT2D eigenvalue weighted by Crippen LogP contribution is 2.56. The average molecular weight is 307 g/mol. The van der Waals surface area contributed by atoms with Crippen LogP contribution in [0.5, 0.6) is 0 Å². The Morgan fingerprint density at radius 3 is 2.68 bits per heavy atom. The molecule has 0 aromatic heterocycles. The van der Waals surface area contributed by atoms with E-state index in [0.29, 0.717) is 6.54 Å². The van der Waals surface area contributed by atoms with Crippen molar-refractivity contribution in [2.75, 3.05) is 20.6 Å². The van der Waals surface area contributed by atoms with E-state index < -0.39 is 17.1 Å². The van der Waals surface area contributed by atoms with Gasteiger partial charge in [-0.2, -0.15) is 0 Å². The highest BCUT2D eigenvalue weighted by atomic mass is 16.6. The number of fused-ring (bicyclic) bond motifs is 3. The lowest BCUT2D eigenvalue weighted by Gasteiger charge is -2.43. The maximum Gasteiger partial charge on any atom is 0.310 e. The van der Waals surface area contributed by atoms with E-state index in [1.807, 2.05) is 25.9 Å². The molecule has 5 heteroatoms. The molecule has 1 heterocycles. The monoisotopic (exact) mass is 307 g/mol. The molecule has 0 bridgehead atoms. The summed E-state index contributed by atoms with van der Waals surface area (Å²) in [5, 5.41) is 11.2. The summed E-state index contributed by atoms with van der Waals surface area (Å²) in [6, 6.07) is 0. The third kappa shape index (κ3) is 1.85. The highest BCUT2D eigenvalue weighted by Gasteiger charge is 2.67. The van der Waals surface area contributed by atoms with Gasteiger partial charge < -0.3 is 14.7 Å². The normalized spacial score (nSPS) is 47.4. The summed E-state index contributed by atoms with van der Waals surface area (Å²) in [4.78, 5) is 26.9. The van der Waals surface area contributed by atoms with Crippen LogP contribution in [0.2, 0.25) is 0 Å². The Hall–Kier alpha value is -1.20. The molecule has 0 aromatic rings. The van der Waals surface area contributed by atoms with Crippen molar-refractivity contribution in [1.29, 1.82) is 0 Å². The van der Waals surface area contributed by atoms with Gasteiger partial charge in [0.15, 0.2) is 5.78 Å². The van der Waals surface area contributed by atoms with Gasteiger partial charge in [0.2, 0.25) is 0 Å². The van der Waals surface area contributed by atoms with Crippen LogP contribution in [0, 0.1) is 23.2 Å². The van der Waals surface area contributed by atoms with Gasteiger partial charge in [-0.3, -0.25) is 9.59 Å². The Balaban J connectivity index is 2.03. The number of hydrogen-bond donors (Lipinski definition) is 1. The zero-order valence-electron chi connectivity index (χ0n) is 13.7. The van der Waals surface area contributed by atoms with Crippen LogP contribution in [0.15, 0.2) is 12.2 Å². The first-order chi connectivity index (χ1) is 10.2. The van der Waals surface area contributed by atoms with Crippen LogP contribution in [-0.2, 0) is 14.3 Å². The minimum absolute atomic E-state index is 0.0137. The number of esters is 1. The number of carbonyl (C=O) groups excluding carboxylic acids is 2. The van der Waals surface area contributed by atoms with E-state index in [4.69, 9.17) is 4.74 Å². The van der Waals surface area contributed by atoms with Crippen molar-refractivity contribution in [2.45, 2.75) is 38.4 Å². The lowest BCUT2D eigenvalue weighted by atomic mass is 9.64. The molecule has 1 saturated heterocycles. The maximum atomic E-state index is 12.6. The molecule has 3 aliphatic rings. The van der Waals surface area contributed by atoms with Crippen LogP contribution in [0.1, 0.15) is 26.7 Å². The fourth-order valence-electron chi connectivity index (χ4n) is 4.64. The highest BCUT2D eigenvalue weighted by molar-refractivity contribution is 6.00. The second-order valence-corrected chi connectivity index (χ2v) is 7.59. The number of aliphatic hydroxyl groups is 1. The van der Waals surface area contributed by atoms with E-state index in [1.54, 1.807) is 13.0 Å². The van der Waals surface area contributed by atoms with Gasteiger partial charge in [0.1, 0.15) is 11.7 Å². The average Bonchev–Trinajstić information content (AvgIpc) is 2.85. The molecule has 1 N–H and O–H groups in total. The van der Waals surface area contributed by atoms with Crippen molar-refractivity contribution in [1.82, 2.24) is 4.90 Å². The first-order valence-electron chi connectivity index (χ1n) is 8.03. The van der Waals surface area contributed by atoms with E-state index in [0.717, 1.165) is 12.8 Å². The first kappa shape index (κ1) is 15.7. The first-order valence-corrected chi connectivity index (χ1v) is 8.03. The molecule has 6 atom stereocenters. The zero-order valence-corrected chi connectivity index (χ0v) is 13.7. The molecule has 2 aliphatic carbocycles. The Labute approximate surface area is 131 Å². The molecule has 1 saturated carbocycles. The smallest absolute Gasteiger partial charge is 0.310 e. The fraction of sp³-hybridized carbons (Fsp3) is 0.765. The summed E-state index contributed by atoms with van der Waals surface area (Å²) in [7, 11) is 3.86. The van der Waals surface area contributed by atoms with Crippen LogP contribution in [0.3, 0.4) is 0 Å². The van der Waals surface area contributed by atoms with Crippen LogP contribution in [0.4, 0.5) is 0 Å². The maximum absolute atomic E-state index is 12.6. The van der Waals surface area contributed by atoms with Crippen molar-refractivity contribution in [3.63, 3.8) is 0 Å². The number of rotatable bonds is 2. The molecule has 0 amide bonds. The van der Waals surface area contributed by atoms with E-state index in [2.05, 4.69) is 0 Å². The summed E-state index contributed by atoms with van der Waals surface area (Å²) < 4.78 is 5.67. The quantitative estimate of drug-likeness (QED) is 0.771. The molecule has 3 unspecified atom stereocenters. The van der Waals surface area contributed by atoms with E-state index in [-0.39, 0.29) is 29.5 Å². The number of nitrogens with zero attached hydrogens (tertiary/aromatic N) is 1. The Kier molecular flexibility index (Phi) is 3.49. The number of ether oxygens (including phenoxy) is 1. The molecule has 2 fully saturated rings. The SMILES string of the molecule is C[C@H]1CCC2C(OC(=O)[C@@H]2CN(C)C)[C@]2(C)C(=O)C=CC12O. The van der Waals surface area contributed by atoms with E-state index >= 15 is 0 Å². The van der Waals surface area contributed by atoms with E-state index in [9.17, 15) is 14.7 Å². The fourth-order valence-corrected chi connectivity index (χ4v) is 4.64. The predicted octanol–water partition coefficient (Wildman–Crippen LogP) is 1.01. The Morgan fingerprint density at radius 1 is 1.36 bits per heavy atom. The minimum atomic E-state index is -1.23. The van der Waals surface area contributed by atoms with Crippen molar-refractivity contribution in [3.05, 3.63) is 12.2 Å². The molecule has 0 spiro atoms. The van der Waals surface area contributed by atoms with Gasteiger partial charge in [-0.25, -0.2) is 0 Å². The predicted molar refractivity (Wildman–Crippen MR) is 81.0 cm³/mol. The standard InChI is InChI=1S/C17H25NO4/c1-10-5-6-11-12(9-18(3)4)15(20)22-14(11)16(2)13(19)7-8-17(10,16)21/h7-8,10-12,14,21H,5-6,9H2,1-4H3/t10-,11?,12+,14?,16-,17?/m0/s1. The summed E-state index contributed by atoms with van der Waals surface area (Å²) in [6.07, 6.45) is 4.13. The lowest BCUT2D eigenvalue weighted by molar-refractivity contribution is -0.166. The van der Waals surface area contributed by atoms with Gasteiger partial charge in [-0.05, 0) is 51.9 Å². The minimum Gasteiger partial charge on any atom is -0.461 e. The third-order valence-corrected chi connectivity index (χ3v) is 6.10. The summed E-state index contributed by atoms with van der Waals surface area (Å²) in [5.74, 6) is -0.636. The van der Waals surface area contributed by atoms with Gasteiger partial charge in [0.25, 0.3) is 0 Å². The Bertz CT molecular complexity index is 543. The molecule has 0 aromatic carbocycles. The van der Waals surface area contributed by atoms with Gasteiger partial charge in [0, 0.05) is 12.5 Å². The van der Waals surface area contributed by atoms with Crippen molar-refractivity contribution in [2.24, 2.45) is 23.2 Å². The molecular formula is C17H25NO4. The lowest BCUT2D eigenvalue weighted by Crippen LogP contribution is -2.56. The third-order valence-electron chi connectivity index (χ3n) is 6.10. The summed E-state index contributed by atoms with van der Waals surface area (Å²) >= 11 is 0.